The van der Waals surface area contributed by atoms with Crippen LogP contribution in [-0.4, -0.2) is 40.0 Å². The highest BCUT2D eigenvalue weighted by molar-refractivity contribution is 7.17. The van der Waals surface area contributed by atoms with E-state index in [0.29, 0.717) is 38.5 Å². The van der Waals surface area contributed by atoms with Gasteiger partial charge in [-0.05, 0) is 36.6 Å². The Kier molecular flexibility index (Phi) is 7.00. The van der Waals surface area contributed by atoms with Crippen molar-refractivity contribution in [1.82, 2.24) is 15.3 Å². The number of rotatable bonds is 8. The van der Waals surface area contributed by atoms with E-state index in [-0.39, 0.29) is 31.6 Å². The number of amides is 2. The van der Waals surface area contributed by atoms with Crippen molar-refractivity contribution in [2.75, 3.05) is 24.2 Å². The van der Waals surface area contributed by atoms with Crippen LogP contribution in [0.25, 0.3) is 10.1 Å². The molecule has 34 heavy (non-hydrogen) atoms. The second kappa shape index (κ2) is 10.3. The van der Waals surface area contributed by atoms with Gasteiger partial charge in [0.25, 0.3) is 11.8 Å². The summed E-state index contributed by atoms with van der Waals surface area (Å²) in [5, 5.41) is 17.0. The van der Waals surface area contributed by atoms with Crippen LogP contribution in [0.3, 0.4) is 0 Å². The highest BCUT2D eigenvalue weighted by atomic mass is 32.1. The summed E-state index contributed by atoms with van der Waals surface area (Å²) in [7, 11) is 0. The Morgan fingerprint density at radius 1 is 1.15 bits per heavy atom. The molecule has 0 radical (unpaired) electrons. The molecule has 0 saturated carbocycles. The van der Waals surface area contributed by atoms with Crippen LogP contribution in [0.5, 0.6) is 5.75 Å². The van der Waals surface area contributed by atoms with Gasteiger partial charge < -0.3 is 26.2 Å². The number of aliphatic hydroxyl groups is 1. The first-order chi connectivity index (χ1) is 16.5. The van der Waals surface area contributed by atoms with E-state index in [9.17, 15) is 9.59 Å². The van der Waals surface area contributed by atoms with Gasteiger partial charge in [0.2, 0.25) is 0 Å². The van der Waals surface area contributed by atoms with E-state index in [1.54, 1.807) is 36.4 Å². The van der Waals surface area contributed by atoms with Crippen molar-refractivity contribution in [3.8, 4) is 5.75 Å². The minimum Gasteiger partial charge on any atom is -0.489 e. The number of nitrogens with two attached hydrogens (primary N) is 1. The van der Waals surface area contributed by atoms with E-state index in [4.69, 9.17) is 15.6 Å². The lowest BCUT2D eigenvalue weighted by atomic mass is 10.1. The predicted octanol–water partition coefficient (Wildman–Crippen LogP) is 3.14. The normalized spacial score (nSPS) is 10.8. The Labute approximate surface area is 199 Å². The Bertz CT molecular complexity index is 1340. The molecule has 0 saturated heterocycles. The number of hydrogen-bond donors (Lipinski definition) is 4. The third-order valence-electron chi connectivity index (χ3n) is 5.00. The molecule has 0 fully saturated rings. The van der Waals surface area contributed by atoms with Crippen LogP contribution in [0.2, 0.25) is 0 Å². The highest BCUT2D eigenvalue weighted by Crippen LogP contribution is 2.33. The number of benzene rings is 1. The number of carbonyl (C=O) groups is 2. The Hall–Kier alpha value is -4.02. The maximum absolute atomic E-state index is 12.5. The van der Waals surface area contributed by atoms with Crippen LogP contribution in [-0.2, 0) is 6.61 Å². The number of aryl methyl sites for hydroxylation is 1. The lowest BCUT2D eigenvalue weighted by Crippen LogP contribution is -2.26. The van der Waals surface area contributed by atoms with E-state index < -0.39 is 0 Å². The molecule has 4 rings (SSSR count). The van der Waals surface area contributed by atoms with E-state index >= 15 is 0 Å². The summed E-state index contributed by atoms with van der Waals surface area (Å²) in [5.74, 6) is 0.274. The summed E-state index contributed by atoms with van der Waals surface area (Å²) in [6.45, 7) is 2.06. The van der Waals surface area contributed by atoms with Crippen molar-refractivity contribution in [3.63, 3.8) is 0 Å². The number of nitrogen functional groups attached to an aromatic ring is 1. The quantitative estimate of drug-likeness (QED) is 0.306. The van der Waals surface area contributed by atoms with Gasteiger partial charge >= 0.3 is 0 Å². The van der Waals surface area contributed by atoms with Crippen LogP contribution in [0, 0.1) is 6.92 Å². The minimum absolute atomic E-state index is 0.151. The van der Waals surface area contributed by atoms with E-state index in [1.807, 2.05) is 12.3 Å². The van der Waals surface area contributed by atoms with Gasteiger partial charge in [0.15, 0.2) is 0 Å². The average Bonchev–Trinajstić information content (AvgIpc) is 3.27. The number of fused-ring (bicyclic) bond motifs is 1. The molecule has 0 aliphatic rings. The summed E-state index contributed by atoms with van der Waals surface area (Å²) in [6.07, 6.45) is 2.96. The van der Waals surface area contributed by atoms with Crippen molar-refractivity contribution in [1.29, 1.82) is 0 Å². The molecule has 0 aliphatic heterocycles. The fraction of sp³-hybridized carbons (Fsp3) is 0.167. The summed E-state index contributed by atoms with van der Waals surface area (Å²) < 4.78 is 6.65. The number of hydrogen-bond acceptors (Lipinski definition) is 8. The number of nitrogens with zero attached hydrogens (tertiary/aromatic N) is 2. The van der Waals surface area contributed by atoms with Gasteiger partial charge in [0.05, 0.1) is 22.4 Å². The second-order valence-corrected chi connectivity index (χ2v) is 8.34. The zero-order valence-electron chi connectivity index (χ0n) is 18.4. The summed E-state index contributed by atoms with van der Waals surface area (Å²) in [5.41, 5.74) is 9.17. The van der Waals surface area contributed by atoms with Gasteiger partial charge in [-0.3, -0.25) is 14.6 Å². The number of carbonyl (C=O) groups excluding carboxylic acids is 2. The first-order valence-electron chi connectivity index (χ1n) is 10.5. The molecule has 10 heteroatoms. The molecule has 0 unspecified atom stereocenters. The Balaban J connectivity index is 1.48. The van der Waals surface area contributed by atoms with E-state index in [1.165, 1.54) is 23.7 Å². The topological polar surface area (TPSA) is 139 Å². The van der Waals surface area contributed by atoms with Gasteiger partial charge in [0.1, 0.15) is 18.2 Å². The molecular weight excluding hydrogens is 454 g/mol. The largest absolute Gasteiger partial charge is 0.489 e. The first kappa shape index (κ1) is 23.1. The van der Waals surface area contributed by atoms with Gasteiger partial charge in [-0.25, -0.2) is 4.98 Å². The van der Waals surface area contributed by atoms with Crippen molar-refractivity contribution in [2.45, 2.75) is 13.5 Å². The smallest absolute Gasteiger partial charge is 0.257 e. The standard InChI is InChI=1S/C24H23N5O4S/c1-14-5-6-15(10-27-14)23(31)29-17-3-2-4-18(9-17)33-12-16-13-34-21-19(24(32)26-7-8-30)11-28-22(25)20(16)21/h2-6,9-11,13,30H,7-8,12H2,1H3,(H2,25,28)(H,26,32)(H,29,31). The number of anilines is 2. The van der Waals surface area contributed by atoms with Crippen molar-refractivity contribution in [2.24, 2.45) is 0 Å². The lowest BCUT2D eigenvalue weighted by Gasteiger charge is -2.10. The zero-order chi connectivity index (χ0) is 24.1. The van der Waals surface area contributed by atoms with Gasteiger partial charge in [0, 0.05) is 47.3 Å². The number of nitrogens with one attached hydrogen (secondary N) is 2. The number of aliphatic hydroxyl groups excluding tert-OH is 1. The fourth-order valence-electron chi connectivity index (χ4n) is 3.29. The van der Waals surface area contributed by atoms with E-state index in [0.717, 1.165) is 11.3 Å². The molecule has 1 aromatic carbocycles. The SMILES string of the molecule is Cc1ccc(C(=O)Nc2cccc(OCc3csc4c(C(=O)NCCO)cnc(N)c34)c2)cn1. The molecule has 3 aromatic heterocycles. The molecule has 4 aromatic rings. The third-order valence-corrected chi connectivity index (χ3v) is 6.06. The molecule has 174 valence electrons. The molecule has 0 bridgehead atoms. The van der Waals surface area contributed by atoms with Gasteiger partial charge in [-0.15, -0.1) is 11.3 Å². The van der Waals surface area contributed by atoms with Crippen molar-refractivity contribution in [3.05, 3.63) is 76.6 Å². The average molecular weight is 478 g/mol. The first-order valence-corrected chi connectivity index (χ1v) is 11.3. The monoisotopic (exact) mass is 477 g/mol. The van der Waals surface area contributed by atoms with Crippen molar-refractivity contribution >= 4 is 44.7 Å². The lowest BCUT2D eigenvalue weighted by molar-refractivity contribution is 0.0945. The van der Waals surface area contributed by atoms with Crippen LogP contribution in [0.15, 0.2) is 54.2 Å². The highest BCUT2D eigenvalue weighted by Gasteiger charge is 2.17. The minimum atomic E-state index is -0.326. The summed E-state index contributed by atoms with van der Waals surface area (Å²) >= 11 is 1.38. The molecule has 0 spiro atoms. The molecule has 9 nitrogen and oxygen atoms in total. The molecule has 3 heterocycles. The van der Waals surface area contributed by atoms with Crippen LogP contribution < -0.4 is 21.1 Å². The van der Waals surface area contributed by atoms with Crippen LogP contribution in [0.4, 0.5) is 11.5 Å². The zero-order valence-corrected chi connectivity index (χ0v) is 19.2. The summed E-state index contributed by atoms with van der Waals surface area (Å²) in [6, 6.07) is 10.6. The number of aromatic nitrogens is 2. The Morgan fingerprint density at radius 3 is 2.76 bits per heavy atom. The van der Waals surface area contributed by atoms with Gasteiger partial charge in [-0.1, -0.05) is 6.07 Å². The number of thiophene rings is 1. The molecule has 5 N–H and O–H groups in total. The van der Waals surface area contributed by atoms with Gasteiger partial charge in [-0.2, -0.15) is 0 Å². The third kappa shape index (κ3) is 5.13. The number of pyridine rings is 2. The molecule has 0 aliphatic carbocycles. The van der Waals surface area contributed by atoms with Crippen LogP contribution in [0.1, 0.15) is 32.0 Å². The maximum Gasteiger partial charge on any atom is 0.257 e. The second-order valence-electron chi connectivity index (χ2n) is 7.46. The predicted molar refractivity (Wildman–Crippen MR) is 131 cm³/mol. The molecular formula is C24H23N5O4S. The number of ether oxygens (including phenoxy) is 1. The fourth-order valence-corrected chi connectivity index (χ4v) is 4.36. The Morgan fingerprint density at radius 2 is 2.00 bits per heavy atom. The van der Waals surface area contributed by atoms with Crippen LogP contribution >= 0.6 is 11.3 Å². The van der Waals surface area contributed by atoms with E-state index in [2.05, 4.69) is 20.6 Å². The molecule has 0 atom stereocenters. The maximum atomic E-state index is 12.5. The molecule has 2 amide bonds. The van der Waals surface area contributed by atoms with Crippen molar-refractivity contribution < 1.29 is 19.4 Å². The summed E-state index contributed by atoms with van der Waals surface area (Å²) in [4.78, 5) is 33.2.